The van der Waals surface area contributed by atoms with Gasteiger partial charge in [0.2, 0.25) is 0 Å². The first kappa shape index (κ1) is 79.3. The van der Waals surface area contributed by atoms with Crippen LogP contribution in [0.2, 0.25) is 0 Å². The van der Waals surface area contributed by atoms with Crippen molar-refractivity contribution < 1.29 is 28.6 Å². The standard InChI is InChI=1S/C77H134O6/c1-4-7-10-13-16-19-22-24-26-28-30-32-34-36-37-38-39-41-42-44-46-48-50-52-55-58-61-64-67-70-76(79)82-73-74(72-81-75(78)69-66-63-60-57-54-21-18-15-12-9-6-3)83-77(80)71-68-65-62-59-56-53-51-49-47-45-43-40-35-33-31-29-27-25-23-20-17-14-11-8-5-2/h8,11,17,20,25,27-28,30-31,33,40,43,47,49,53,56,74H,4-7,9-10,12-16,18-19,21-24,26,29,32,34-39,41-42,44-46,48,50-52,54-55,57-73H2,1-3H3/b11-8-,20-17-,27-25-,30-28-,33-31-,43-40-,49-47-,56-53-. The van der Waals surface area contributed by atoms with Gasteiger partial charge in [-0.2, -0.15) is 0 Å². The van der Waals surface area contributed by atoms with Gasteiger partial charge in [0.15, 0.2) is 6.10 Å². The van der Waals surface area contributed by atoms with Crippen LogP contribution < -0.4 is 0 Å². The van der Waals surface area contributed by atoms with Gasteiger partial charge in [-0.15, -0.1) is 0 Å². The molecule has 0 aliphatic heterocycles. The lowest BCUT2D eigenvalue weighted by molar-refractivity contribution is -0.167. The quantitative estimate of drug-likeness (QED) is 0.0261. The lowest BCUT2D eigenvalue weighted by Crippen LogP contribution is -2.30. The molecule has 6 nitrogen and oxygen atoms in total. The summed E-state index contributed by atoms with van der Waals surface area (Å²) in [5.41, 5.74) is 0. The van der Waals surface area contributed by atoms with E-state index in [4.69, 9.17) is 14.2 Å². The van der Waals surface area contributed by atoms with Crippen molar-refractivity contribution in [2.24, 2.45) is 0 Å². The molecule has 83 heavy (non-hydrogen) atoms. The van der Waals surface area contributed by atoms with Gasteiger partial charge in [-0.25, -0.2) is 0 Å². The van der Waals surface area contributed by atoms with Crippen LogP contribution in [0.25, 0.3) is 0 Å². The molecule has 0 aliphatic rings. The summed E-state index contributed by atoms with van der Waals surface area (Å²) < 4.78 is 16.9. The lowest BCUT2D eigenvalue weighted by Gasteiger charge is -2.18. The highest BCUT2D eigenvalue weighted by Gasteiger charge is 2.19. The second-order valence-electron chi connectivity index (χ2n) is 23.8. The monoisotopic (exact) mass is 1160 g/mol. The van der Waals surface area contributed by atoms with Crippen LogP contribution in [0, 0.1) is 0 Å². The molecule has 0 radical (unpaired) electrons. The number of hydrogen-bond donors (Lipinski definition) is 0. The summed E-state index contributed by atoms with van der Waals surface area (Å²) in [5, 5.41) is 0. The molecule has 0 saturated carbocycles. The normalized spacial score (nSPS) is 12.7. The Kier molecular flexibility index (Phi) is 67.7. The summed E-state index contributed by atoms with van der Waals surface area (Å²) in [6.07, 6.45) is 95.9. The van der Waals surface area contributed by atoms with Crippen molar-refractivity contribution in [1.29, 1.82) is 0 Å². The zero-order valence-corrected chi connectivity index (χ0v) is 54.9. The number of carbonyl (C=O) groups is 3. The van der Waals surface area contributed by atoms with Crippen LogP contribution in [0.3, 0.4) is 0 Å². The average molecular weight is 1160 g/mol. The van der Waals surface area contributed by atoms with E-state index < -0.39 is 6.10 Å². The molecule has 0 aliphatic carbocycles. The van der Waals surface area contributed by atoms with Crippen molar-refractivity contribution in [3.63, 3.8) is 0 Å². The van der Waals surface area contributed by atoms with Crippen molar-refractivity contribution in [3.05, 3.63) is 97.2 Å². The van der Waals surface area contributed by atoms with Crippen LogP contribution >= 0.6 is 0 Å². The van der Waals surface area contributed by atoms with Gasteiger partial charge in [0.25, 0.3) is 0 Å². The molecule has 6 heteroatoms. The molecule has 0 heterocycles. The summed E-state index contributed by atoms with van der Waals surface area (Å²) >= 11 is 0. The summed E-state index contributed by atoms with van der Waals surface area (Å²) in [6, 6.07) is 0. The lowest BCUT2D eigenvalue weighted by atomic mass is 10.0. The molecule has 0 spiro atoms. The topological polar surface area (TPSA) is 78.9 Å². The number of carbonyl (C=O) groups excluding carboxylic acids is 3. The minimum absolute atomic E-state index is 0.0877. The molecule has 0 fully saturated rings. The molecule has 0 N–H and O–H groups in total. The number of hydrogen-bond acceptors (Lipinski definition) is 6. The van der Waals surface area contributed by atoms with Crippen molar-refractivity contribution in [1.82, 2.24) is 0 Å². The molecule has 0 rings (SSSR count). The third-order valence-electron chi connectivity index (χ3n) is 15.6. The maximum Gasteiger partial charge on any atom is 0.306 e. The maximum absolute atomic E-state index is 12.9. The van der Waals surface area contributed by atoms with E-state index >= 15 is 0 Å². The van der Waals surface area contributed by atoms with Crippen molar-refractivity contribution in [3.8, 4) is 0 Å². The van der Waals surface area contributed by atoms with Gasteiger partial charge in [-0.3, -0.25) is 14.4 Å². The first-order valence-corrected chi connectivity index (χ1v) is 35.7. The number of rotatable bonds is 65. The average Bonchev–Trinajstić information content (AvgIpc) is 3.48. The molecule has 0 bridgehead atoms. The Labute approximate surface area is 515 Å². The Bertz CT molecular complexity index is 1610. The Morgan fingerprint density at radius 1 is 0.253 bits per heavy atom. The Morgan fingerprint density at radius 2 is 0.470 bits per heavy atom. The van der Waals surface area contributed by atoms with Crippen LogP contribution in [0.5, 0.6) is 0 Å². The molecule has 478 valence electrons. The van der Waals surface area contributed by atoms with E-state index in [0.717, 1.165) is 109 Å². The fourth-order valence-corrected chi connectivity index (χ4v) is 10.2. The Hall–Kier alpha value is -3.67. The van der Waals surface area contributed by atoms with E-state index in [2.05, 4.69) is 118 Å². The minimum atomic E-state index is -0.795. The summed E-state index contributed by atoms with van der Waals surface area (Å²) in [6.45, 7) is 6.53. The van der Waals surface area contributed by atoms with Gasteiger partial charge in [0.1, 0.15) is 13.2 Å². The predicted molar refractivity (Wildman–Crippen MR) is 362 cm³/mol. The van der Waals surface area contributed by atoms with Gasteiger partial charge < -0.3 is 14.2 Å². The van der Waals surface area contributed by atoms with Gasteiger partial charge in [0.05, 0.1) is 0 Å². The van der Waals surface area contributed by atoms with Gasteiger partial charge in [-0.05, 0) is 103 Å². The number of esters is 3. The van der Waals surface area contributed by atoms with E-state index in [1.54, 1.807) is 0 Å². The SMILES string of the molecule is CC/C=C\C/C=C\C/C=C\C/C=C\C/C=C\C/C=C\C/C=C\CCCCCC(=O)OC(COC(=O)CCCCCCCCCCCCC)COC(=O)CCCCCCCCCCCCCCCCCCC/C=C\CCCCCCCCCC. The van der Waals surface area contributed by atoms with E-state index in [0.29, 0.717) is 12.8 Å². The largest absolute Gasteiger partial charge is 0.462 e. The van der Waals surface area contributed by atoms with E-state index in [9.17, 15) is 14.4 Å². The molecule has 1 atom stereocenters. The van der Waals surface area contributed by atoms with Crippen molar-refractivity contribution >= 4 is 17.9 Å². The smallest absolute Gasteiger partial charge is 0.306 e. The zero-order valence-electron chi connectivity index (χ0n) is 54.9. The van der Waals surface area contributed by atoms with Crippen molar-refractivity contribution in [2.45, 2.75) is 361 Å². The van der Waals surface area contributed by atoms with Gasteiger partial charge in [0, 0.05) is 19.3 Å². The van der Waals surface area contributed by atoms with Crippen LogP contribution in [0.4, 0.5) is 0 Å². The molecule has 1 unspecified atom stereocenters. The van der Waals surface area contributed by atoms with Gasteiger partial charge >= 0.3 is 17.9 Å². The molecular weight excluding hydrogens is 1020 g/mol. The first-order chi connectivity index (χ1) is 41.0. The fraction of sp³-hybridized carbons (Fsp3) is 0.753. The summed E-state index contributed by atoms with van der Waals surface area (Å²) in [7, 11) is 0. The molecular formula is C77H134O6. The highest BCUT2D eigenvalue weighted by molar-refractivity contribution is 5.71. The summed E-state index contributed by atoms with van der Waals surface area (Å²) in [5.74, 6) is -0.906. The third-order valence-corrected chi connectivity index (χ3v) is 15.6. The summed E-state index contributed by atoms with van der Waals surface area (Å²) in [4.78, 5) is 38.4. The molecule has 0 aromatic rings. The second-order valence-corrected chi connectivity index (χ2v) is 23.8. The number of ether oxygens (including phenoxy) is 3. The maximum atomic E-state index is 12.9. The minimum Gasteiger partial charge on any atom is -0.462 e. The Balaban J connectivity index is 4.26. The highest BCUT2D eigenvalue weighted by atomic mass is 16.6. The molecule has 0 saturated heterocycles. The van der Waals surface area contributed by atoms with Crippen LogP contribution in [-0.2, 0) is 28.6 Å². The third kappa shape index (κ3) is 69.0. The zero-order chi connectivity index (χ0) is 59.9. The second kappa shape index (κ2) is 70.8. The highest BCUT2D eigenvalue weighted by Crippen LogP contribution is 2.17. The van der Waals surface area contributed by atoms with Crippen LogP contribution in [0.15, 0.2) is 97.2 Å². The van der Waals surface area contributed by atoms with Crippen LogP contribution in [-0.4, -0.2) is 37.2 Å². The van der Waals surface area contributed by atoms with E-state index in [1.165, 1.54) is 205 Å². The molecule has 0 aromatic carbocycles. The predicted octanol–water partition coefficient (Wildman–Crippen LogP) is 24.8. The first-order valence-electron chi connectivity index (χ1n) is 35.7. The number of allylic oxidation sites excluding steroid dienone is 16. The van der Waals surface area contributed by atoms with Crippen LogP contribution in [0.1, 0.15) is 355 Å². The fourth-order valence-electron chi connectivity index (χ4n) is 10.2. The molecule has 0 amide bonds. The van der Waals surface area contributed by atoms with E-state index in [-0.39, 0.29) is 37.5 Å². The Morgan fingerprint density at radius 3 is 0.759 bits per heavy atom. The van der Waals surface area contributed by atoms with E-state index in [1.807, 2.05) is 0 Å². The molecule has 0 aromatic heterocycles. The number of unbranched alkanes of at least 4 members (excludes halogenated alkanes) is 38. The van der Waals surface area contributed by atoms with Gasteiger partial charge in [-0.1, -0.05) is 330 Å². The van der Waals surface area contributed by atoms with Crippen molar-refractivity contribution in [2.75, 3.05) is 13.2 Å².